The van der Waals surface area contributed by atoms with E-state index in [9.17, 15) is 14.4 Å². The zero-order valence-electron chi connectivity index (χ0n) is 27.2. The van der Waals surface area contributed by atoms with Crippen LogP contribution in [-0.4, -0.2) is 64.9 Å². The molecule has 3 amide bonds. The van der Waals surface area contributed by atoms with E-state index in [2.05, 4.69) is 45.0 Å². The summed E-state index contributed by atoms with van der Waals surface area (Å²) in [5.74, 6) is 0.488. The van der Waals surface area contributed by atoms with E-state index in [0.29, 0.717) is 29.2 Å². The molecular formula is C35H39Cl2N7O4. The number of ether oxygens (including phenoxy) is 1. The normalized spacial score (nSPS) is 12.5. The van der Waals surface area contributed by atoms with Gasteiger partial charge in [0.2, 0.25) is 0 Å². The molecule has 0 unspecified atom stereocenters. The standard InChI is InChI=1S/C35H39Cl2N7O4/c1-4-44-34(46)31(40-35(47)41-32-28(36)20-38-21-29(32)37)19-30(42-44)23-10-8-9-22(15-23)24-16-25(33(45)39-26-11-12-26)18-27(17-24)48-14-7-5-6-13-43(2)3/h8-10,15-21,26H,4-7,11-14H2,1-3H3,(H,39,45)(H2,38,40,41,47). The quantitative estimate of drug-likeness (QED) is 0.122. The lowest BCUT2D eigenvalue weighted by Gasteiger charge is -2.14. The first-order valence-electron chi connectivity index (χ1n) is 15.9. The maximum atomic E-state index is 13.1. The Labute approximate surface area is 289 Å². The van der Waals surface area contributed by atoms with E-state index in [-0.39, 0.29) is 39.9 Å². The second-order valence-electron chi connectivity index (χ2n) is 11.9. The SMILES string of the molecule is CCn1nc(-c2cccc(-c3cc(OCCCCCN(C)C)cc(C(=O)NC4CC4)c3)c2)cc(NC(=O)Nc2c(Cl)cncc2Cl)c1=O. The highest BCUT2D eigenvalue weighted by molar-refractivity contribution is 6.39. The van der Waals surface area contributed by atoms with Crippen LogP contribution in [0.15, 0.2) is 65.7 Å². The molecule has 4 aromatic rings. The highest BCUT2D eigenvalue weighted by Gasteiger charge is 2.24. The number of halogens is 2. The topological polar surface area (TPSA) is 130 Å². The Morgan fingerprint density at radius 2 is 1.71 bits per heavy atom. The molecular weight excluding hydrogens is 653 g/mol. The summed E-state index contributed by atoms with van der Waals surface area (Å²) >= 11 is 12.3. The van der Waals surface area contributed by atoms with Crippen LogP contribution < -0.4 is 26.2 Å². The first-order valence-corrected chi connectivity index (χ1v) is 16.7. The summed E-state index contributed by atoms with van der Waals surface area (Å²) in [7, 11) is 4.13. The lowest BCUT2D eigenvalue weighted by Crippen LogP contribution is -2.29. The van der Waals surface area contributed by atoms with Crippen LogP contribution >= 0.6 is 23.2 Å². The molecule has 0 spiro atoms. The fraction of sp³-hybridized carbons (Fsp3) is 0.343. The number of unbranched alkanes of at least 4 members (excludes halogenated alkanes) is 2. The van der Waals surface area contributed by atoms with Gasteiger partial charge in [-0.2, -0.15) is 5.10 Å². The molecule has 13 heteroatoms. The molecule has 1 aliphatic rings. The van der Waals surface area contributed by atoms with E-state index in [1.54, 1.807) is 13.0 Å². The largest absolute Gasteiger partial charge is 0.494 e. The summed E-state index contributed by atoms with van der Waals surface area (Å²) < 4.78 is 7.42. The maximum absolute atomic E-state index is 13.1. The van der Waals surface area contributed by atoms with Crippen LogP contribution in [0.25, 0.3) is 22.4 Å². The smallest absolute Gasteiger partial charge is 0.323 e. The molecule has 2 heterocycles. The number of carbonyl (C=O) groups excluding carboxylic acids is 2. The zero-order valence-corrected chi connectivity index (χ0v) is 28.7. The number of carbonyl (C=O) groups is 2. The molecule has 1 fully saturated rings. The van der Waals surface area contributed by atoms with Gasteiger partial charge in [-0.1, -0.05) is 41.4 Å². The second-order valence-corrected chi connectivity index (χ2v) is 12.7. The van der Waals surface area contributed by atoms with Gasteiger partial charge in [-0.3, -0.25) is 14.6 Å². The van der Waals surface area contributed by atoms with Crippen molar-refractivity contribution in [2.75, 3.05) is 37.9 Å². The number of aromatic nitrogens is 3. The van der Waals surface area contributed by atoms with Gasteiger partial charge < -0.3 is 25.6 Å². The van der Waals surface area contributed by atoms with Crippen molar-refractivity contribution < 1.29 is 14.3 Å². The van der Waals surface area contributed by atoms with E-state index in [4.69, 9.17) is 27.9 Å². The molecule has 252 valence electrons. The van der Waals surface area contributed by atoms with E-state index >= 15 is 0 Å². The minimum atomic E-state index is -0.706. The van der Waals surface area contributed by atoms with E-state index < -0.39 is 11.6 Å². The molecule has 0 aliphatic heterocycles. The number of rotatable bonds is 14. The van der Waals surface area contributed by atoms with Crippen molar-refractivity contribution in [2.24, 2.45) is 0 Å². The minimum Gasteiger partial charge on any atom is -0.494 e. The van der Waals surface area contributed by atoms with Gasteiger partial charge in [0.15, 0.2) is 0 Å². The van der Waals surface area contributed by atoms with Crippen LogP contribution in [0.4, 0.5) is 16.2 Å². The van der Waals surface area contributed by atoms with Crippen molar-refractivity contribution in [2.45, 2.75) is 51.6 Å². The van der Waals surface area contributed by atoms with Crippen LogP contribution in [0, 0.1) is 0 Å². The number of amides is 3. The van der Waals surface area contributed by atoms with Gasteiger partial charge in [-0.25, -0.2) is 9.48 Å². The molecule has 1 aliphatic carbocycles. The van der Waals surface area contributed by atoms with Crippen molar-refractivity contribution >= 4 is 46.5 Å². The first kappa shape index (κ1) is 34.9. The van der Waals surface area contributed by atoms with Gasteiger partial charge in [-0.05, 0) is 101 Å². The zero-order chi connectivity index (χ0) is 34.2. The first-order chi connectivity index (χ1) is 23.1. The molecule has 0 saturated heterocycles. The molecule has 5 rings (SSSR count). The minimum absolute atomic E-state index is 0.0195. The number of hydrogen-bond acceptors (Lipinski definition) is 7. The third kappa shape index (κ3) is 9.33. The Morgan fingerprint density at radius 3 is 2.42 bits per heavy atom. The monoisotopic (exact) mass is 691 g/mol. The Morgan fingerprint density at radius 1 is 0.958 bits per heavy atom. The average molecular weight is 693 g/mol. The number of urea groups is 1. The van der Waals surface area contributed by atoms with E-state index in [1.165, 1.54) is 23.1 Å². The van der Waals surface area contributed by atoms with Crippen molar-refractivity contribution in [1.29, 1.82) is 0 Å². The van der Waals surface area contributed by atoms with Crippen LogP contribution in [0.2, 0.25) is 10.0 Å². The van der Waals surface area contributed by atoms with Crippen LogP contribution in [-0.2, 0) is 6.54 Å². The summed E-state index contributed by atoms with van der Waals surface area (Å²) in [5, 5.41) is 13.1. The van der Waals surface area contributed by atoms with E-state index in [0.717, 1.165) is 49.8 Å². The van der Waals surface area contributed by atoms with Crippen LogP contribution in [0.1, 0.15) is 49.4 Å². The molecule has 0 bridgehead atoms. The van der Waals surface area contributed by atoms with Gasteiger partial charge in [0.1, 0.15) is 11.4 Å². The summed E-state index contributed by atoms with van der Waals surface area (Å²) in [6.45, 7) is 3.64. The summed E-state index contributed by atoms with van der Waals surface area (Å²) in [5.41, 5.74) is 3.04. The molecule has 2 aromatic heterocycles. The summed E-state index contributed by atoms with van der Waals surface area (Å²) in [4.78, 5) is 45.2. The average Bonchev–Trinajstić information content (AvgIpc) is 3.89. The number of anilines is 2. The molecule has 0 radical (unpaired) electrons. The molecule has 48 heavy (non-hydrogen) atoms. The van der Waals surface area contributed by atoms with Gasteiger partial charge >= 0.3 is 6.03 Å². The van der Waals surface area contributed by atoms with Gasteiger partial charge in [0, 0.05) is 36.1 Å². The van der Waals surface area contributed by atoms with Crippen LogP contribution in [0.3, 0.4) is 0 Å². The number of hydrogen-bond donors (Lipinski definition) is 3. The highest BCUT2D eigenvalue weighted by Crippen LogP contribution is 2.31. The number of pyridine rings is 1. The highest BCUT2D eigenvalue weighted by atomic mass is 35.5. The Balaban J connectivity index is 1.41. The number of nitrogens with zero attached hydrogens (tertiary/aromatic N) is 4. The molecule has 2 aromatic carbocycles. The van der Waals surface area contributed by atoms with Crippen molar-refractivity contribution in [3.8, 4) is 28.1 Å². The Kier molecular flexibility index (Phi) is 11.7. The number of aryl methyl sites for hydroxylation is 1. The molecule has 3 N–H and O–H groups in total. The third-order valence-corrected chi connectivity index (χ3v) is 8.28. The van der Waals surface area contributed by atoms with Crippen LogP contribution in [0.5, 0.6) is 5.75 Å². The predicted octanol–water partition coefficient (Wildman–Crippen LogP) is 6.95. The lowest BCUT2D eigenvalue weighted by molar-refractivity contribution is 0.0950. The number of benzene rings is 2. The molecule has 0 atom stereocenters. The Bertz CT molecular complexity index is 1820. The lowest BCUT2D eigenvalue weighted by atomic mass is 9.99. The molecule has 1 saturated carbocycles. The fourth-order valence-corrected chi connectivity index (χ4v) is 5.48. The van der Waals surface area contributed by atoms with Crippen molar-refractivity contribution in [3.63, 3.8) is 0 Å². The second kappa shape index (κ2) is 16.1. The number of nitrogens with one attached hydrogen (secondary N) is 3. The van der Waals surface area contributed by atoms with Gasteiger partial charge in [0.25, 0.3) is 11.5 Å². The maximum Gasteiger partial charge on any atom is 0.323 e. The summed E-state index contributed by atoms with van der Waals surface area (Å²) in [6, 6.07) is 14.2. The third-order valence-electron chi connectivity index (χ3n) is 7.71. The fourth-order valence-electron chi connectivity index (χ4n) is 5.02. The van der Waals surface area contributed by atoms with E-state index in [1.807, 2.05) is 36.4 Å². The summed E-state index contributed by atoms with van der Waals surface area (Å²) in [6.07, 6.45) is 7.72. The van der Waals surface area contributed by atoms with Crippen molar-refractivity contribution in [3.05, 3.63) is 86.9 Å². The van der Waals surface area contributed by atoms with Gasteiger partial charge in [-0.15, -0.1) is 0 Å². The Hall–Kier alpha value is -4.45. The van der Waals surface area contributed by atoms with Crippen molar-refractivity contribution in [1.82, 2.24) is 25.0 Å². The molecule has 11 nitrogen and oxygen atoms in total. The van der Waals surface area contributed by atoms with Gasteiger partial charge in [0.05, 0.1) is 28.0 Å². The predicted molar refractivity (Wildman–Crippen MR) is 190 cm³/mol.